The molecule has 7 rings (SSSR count). The predicted octanol–water partition coefficient (Wildman–Crippen LogP) is 2.69. The minimum absolute atomic E-state index is 0.100. The maximum Gasteiger partial charge on any atom is 0.333 e. The van der Waals surface area contributed by atoms with Crippen LogP contribution in [0.4, 0.5) is 8.78 Å². The third-order valence-electron chi connectivity index (χ3n) is 8.81. The van der Waals surface area contributed by atoms with Crippen LogP contribution in [0.5, 0.6) is 5.75 Å². The van der Waals surface area contributed by atoms with Crippen molar-refractivity contribution in [1.29, 1.82) is 0 Å². The number of hydrogen-bond acceptors (Lipinski definition) is 6. The smallest absolute Gasteiger partial charge is 0.333 e. The van der Waals surface area contributed by atoms with Crippen LogP contribution >= 0.6 is 0 Å². The highest BCUT2D eigenvalue weighted by atomic mass is 19.3. The van der Waals surface area contributed by atoms with Gasteiger partial charge in [0.05, 0.1) is 19.6 Å². The number of halogens is 2. The van der Waals surface area contributed by atoms with E-state index in [4.69, 9.17) is 9.47 Å². The quantitative estimate of drug-likeness (QED) is 0.347. The number of cyclic esters (lactones) is 1. The lowest BCUT2D eigenvalue weighted by molar-refractivity contribution is -0.179. The first kappa shape index (κ1) is 27.2. The van der Waals surface area contributed by atoms with Gasteiger partial charge in [0, 0.05) is 53.9 Å². The Balaban J connectivity index is 1.32. The third kappa shape index (κ3) is 4.93. The number of benzene rings is 1. The number of carbonyl (C=O) groups excluding carboxylic acids is 4. The summed E-state index contributed by atoms with van der Waals surface area (Å²) in [6.45, 7) is 0.713. The van der Waals surface area contributed by atoms with Crippen molar-refractivity contribution in [3.05, 3.63) is 41.6 Å². The van der Waals surface area contributed by atoms with Crippen LogP contribution in [0.25, 0.3) is 10.9 Å². The molecule has 0 spiro atoms. The minimum atomic E-state index is -3.13. The molecular weight excluding hydrogens is 538 g/mol. The Morgan fingerprint density at radius 3 is 2.78 bits per heavy atom. The van der Waals surface area contributed by atoms with Crippen LogP contribution in [0.1, 0.15) is 49.0 Å². The number of amides is 3. The summed E-state index contributed by atoms with van der Waals surface area (Å²) >= 11 is 0. The highest BCUT2D eigenvalue weighted by molar-refractivity contribution is 6.02. The molecule has 3 amide bonds. The van der Waals surface area contributed by atoms with Gasteiger partial charge >= 0.3 is 5.97 Å². The number of methoxy groups -OCH3 is 1. The number of rotatable bonds is 7. The lowest BCUT2D eigenvalue weighted by atomic mass is 9.71. The summed E-state index contributed by atoms with van der Waals surface area (Å²) < 4.78 is 40.9. The molecule has 41 heavy (non-hydrogen) atoms. The fraction of sp³-hybridized carbons (Fsp3) is 0.517. The van der Waals surface area contributed by atoms with Gasteiger partial charge in [0.15, 0.2) is 0 Å². The molecule has 5 heterocycles. The maximum absolute atomic E-state index is 15.2. The summed E-state index contributed by atoms with van der Waals surface area (Å²) in [7, 11) is 1.52. The maximum atomic E-state index is 15.2. The van der Waals surface area contributed by atoms with Gasteiger partial charge in [-0.3, -0.25) is 14.4 Å². The second kappa shape index (κ2) is 10.5. The average molecular weight is 571 g/mol. The molecule has 0 unspecified atom stereocenters. The Morgan fingerprint density at radius 1 is 1.27 bits per heavy atom. The van der Waals surface area contributed by atoms with E-state index in [0.29, 0.717) is 48.0 Å². The summed E-state index contributed by atoms with van der Waals surface area (Å²) in [6, 6.07) is 3.89. The number of nitrogens with one attached hydrogen (secondary N) is 3. The van der Waals surface area contributed by atoms with Crippen molar-refractivity contribution in [3.8, 4) is 5.75 Å². The zero-order chi connectivity index (χ0) is 28.9. The normalized spacial score (nSPS) is 28.6. The van der Waals surface area contributed by atoms with E-state index < -0.39 is 60.1 Å². The van der Waals surface area contributed by atoms with Crippen molar-refractivity contribution in [2.45, 2.75) is 62.6 Å². The molecule has 1 aliphatic carbocycles. The number of hydrogen-bond donors (Lipinski definition) is 3. The lowest BCUT2D eigenvalue weighted by Crippen LogP contribution is -2.68. The molecular formula is C29H32F2N4O6. The van der Waals surface area contributed by atoms with Crippen LogP contribution in [0.3, 0.4) is 0 Å². The molecule has 1 aromatic carbocycles. The molecule has 2 aromatic rings. The van der Waals surface area contributed by atoms with Crippen molar-refractivity contribution in [2.75, 3.05) is 20.3 Å². The molecule has 5 atom stereocenters. The van der Waals surface area contributed by atoms with E-state index in [2.05, 4.69) is 15.6 Å². The molecule has 0 radical (unpaired) electrons. The van der Waals surface area contributed by atoms with Gasteiger partial charge in [-0.1, -0.05) is 12.1 Å². The molecule has 10 nitrogen and oxygen atoms in total. The standard InChI is InChI=1S/C29H32F2N4O6/c1-40-23-4-2-3-21-19(23)13-22(34-21)27(38)35-18-5-6-20(29(30,31)14-18)24(35)26(37)33-17(11-15-7-9-32-25(15)36)12-16-8-10-41-28(16)39/h2-4,12-13,15,17-18,20,24,34H,5-11,14H2,1H3,(H,32,36)(H,33,37)/b16-12+/t15-,17+,18-,20-,24-/m0/s1. The van der Waals surface area contributed by atoms with Gasteiger partial charge in [0.25, 0.3) is 11.8 Å². The number of carbonyl (C=O) groups is 4. The van der Waals surface area contributed by atoms with E-state index in [9.17, 15) is 19.2 Å². The summed E-state index contributed by atoms with van der Waals surface area (Å²) in [5.74, 6) is -6.28. The van der Waals surface area contributed by atoms with Gasteiger partial charge in [-0.25, -0.2) is 13.6 Å². The van der Waals surface area contributed by atoms with Crippen molar-refractivity contribution < 1.29 is 37.4 Å². The highest BCUT2D eigenvalue weighted by Gasteiger charge is 2.60. The molecule has 218 valence electrons. The van der Waals surface area contributed by atoms with E-state index in [1.165, 1.54) is 12.0 Å². The molecule has 5 aliphatic rings. The van der Waals surface area contributed by atoms with Crippen molar-refractivity contribution >= 4 is 34.6 Å². The fourth-order valence-electron chi connectivity index (χ4n) is 6.81. The number of nitrogens with zero attached hydrogens (tertiary/aromatic N) is 1. The van der Waals surface area contributed by atoms with Gasteiger partial charge in [0.2, 0.25) is 11.8 Å². The first-order valence-corrected chi connectivity index (χ1v) is 14.0. The van der Waals surface area contributed by atoms with E-state index in [1.54, 1.807) is 30.3 Å². The number of fused-ring (bicyclic) bond motifs is 4. The molecule has 4 aliphatic heterocycles. The van der Waals surface area contributed by atoms with Crippen LogP contribution in [0, 0.1) is 11.8 Å². The van der Waals surface area contributed by atoms with Crippen LogP contribution in [0.2, 0.25) is 0 Å². The number of ether oxygens (including phenoxy) is 2. The third-order valence-corrected chi connectivity index (χ3v) is 8.81. The van der Waals surface area contributed by atoms with Gasteiger partial charge in [-0.15, -0.1) is 0 Å². The molecule has 4 saturated heterocycles. The first-order chi connectivity index (χ1) is 19.7. The SMILES string of the molecule is COc1cccc2[nH]c(C(=O)N3[C@H]4CC[C@@H]([C@H]3C(=O)N[C@@H](/C=C3\CCOC3=O)C[C@@H]3CCNC3=O)C(F)(F)C4)cc12. The van der Waals surface area contributed by atoms with Crippen LogP contribution in [-0.4, -0.2) is 77.9 Å². The number of esters is 1. The number of alkyl halides is 2. The van der Waals surface area contributed by atoms with Crippen molar-refractivity contribution in [3.63, 3.8) is 0 Å². The predicted molar refractivity (Wildman–Crippen MR) is 142 cm³/mol. The van der Waals surface area contributed by atoms with E-state index in [-0.39, 0.29) is 31.0 Å². The van der Waals surface area contributed by atoms with E-state index >= 15 is 8.78 Å². The average Bonchev–Trinajstić information content (AvgIpc) is 3.67. The molecule has 1 saturated carbocycles. The molecule has 1 aromatic heterocycles. The Morgan fingerprint density at radius 2 is 2.10 bits per heavy atom. The largest absolute Gasteiger partial charge is 0.496 e. The second-order valence-corrected chi connectivity index (χ2v) is 11.3. The minimum Gasteiger partial charge on any atom is -0.496 e. The molecule has 5 fully saturated rings. The van der Waals surface area contributed by atoms with E-state index in [0.717, 1.165) is 0 Å². The van der Waals surface area contributed by atoms with Gasteiger partial charge in [-0.05, 0) is 43.9 Å². The van der Waals surface area contributed by atoms with Crippen LogP contribution in [-0.2, 0) is 19.1 Å². The Hall–Kier alpha value is -3.96. The van der Waals surface area contributed by atoms with Crippen molar-refractivity contribution in [1.82, 2.24) is 20.5 Å². The fourth-order valence-corrected chi connectivity index (χ4v) is 6.81. The number of piperidine rings is 2. The summed E-state index contributed by atoms with van der Waals surface area (Å²) in [4.78, 5) is 56.6. The molecule has 12 heteroatoms. The summed E-state index contributed by atoms with van der Waals surface area (Å²) in [5.41, 5.74) is 1.18. The lowest BCUT2D eigenvalue weighted by Gasteiger charge is -2.53. The second-order valence-electron chi connectivity index (χ2n) is 11.3. The van der Waals surface area contributed by atoms with Crippen LogP contribution in [0.15, 0.2) is 35.9 Å². The van der Waals surface area contributed by atoms with Gasteiger partial charge < -0.3 is 30.0 Å². The van der Waals surface area contributed by atoms with Gasteiger partial charge in [-0.2, -0.15) is 0 Å². The van der Waals surface area contributed by atoms with E-state index in [1.807, 2.05) is 0 Å². The number of aromatic amines is 1. The topological polar surface area (TPSA) is 130 Å². The molecule has 3 N–H and O–H groups in total. The number of aromatic nitrogens is 1. The monoisotopic (exact) mass is 570 g/mol. The van der Waals surface area contributed by atoms with Crippen molar-refractivity contribution in [2.24, 2.45) is 11.8 Å². The Labute approximate surface area is 234 Å². The first-order valence-electron chi connectivity index (χ1n) is 14.0. The Bertz CT molecular complexity index is 1440. The number of H-pyrrole nitrogens is 1. The van der Waals surface area contributed by atoms with Gasteiger partial charge in [0.1, 0.15) is 17.5 Å². The zero-order valence-corrected chi connectivity index (χ0v) is 22.6. The molecule has 2 bridgehead atoms. The van der Waals surface area contributed by atoms with Crippen LogP contribution < -0.4 is 15.4 Å². The summed E-state index contributed by atoms with van der Waals surface area (Å²) in [6.07, 6.45) is 2.61. The highest BCUT2D eigenvalue weighted by Crippen LogP contribution is 2.49. The summed E-state index contributed by atoms with van der Waals surface area (Å²) in [5, 5.41) is 6.25. The zero-order valence-electron chi connectivity index (χ0n) is 22.6. The Kier molecular flexibility index (Phi) is 6.95.